The minimum atomic E-state index is 0.708. The fourth-order valence-electron chi connectivity index (χ4n) is 1.66. The van der Waals surface area contributed by atoms with E-state index in [-0.39, 0.29) is 0 Å². The van der Waals surface area contributed by atoms with Gasteiger partial charge in [0.2, 0.25) is 5.13 Å². The molecule has 2 aromatic heterocycles. The largest absolute Gasteiger partial charge is 0.297 e. The normalized spacial score (nSPS) is 10.3. The zero-order valence-corrected chi connectivity index (χ0v) is 10.9. The molecule has 0 spiro atoms. The summed E-state index contributed by atoms with van der Waals surface area (Å²) in [5.41, 5.74) is 8.56. The first-order valence-electron chi connectivity index (χ1n) is 5.81. The lowest BCUT2D eigenvalue weighted by molar-refractivity contribution is 1.05. The molecule has 0 aliphatic carbocycles. The van der Waals surface area contributed by atoms with Gasteiger partial charge in [0, 0.05) is 6.20 Å². The van der Waals surface area contributed by atoms with Crippen molar-refractivity contribution in [2.45, 2.75) is 0 Å². The molecule has 0 radical (unpaired) electrons. The van der Waals surface area contributed by atoms with E-state index in [0.29, 0.717) is 5.70 Å². The molecule has 0 aliphatic rings. The Morgan fingerprint density at radius 1 is 1.11 bits per heavy atom. The van der Waals surface area contributed by atoms with Crippen molar-refractivity contribution in [2.75, 3.05) is 5.43 Å². The number of benzene rings is 1. The van der Waals surface area contributed by atoms with Gasteiger partial charge in [-0.25, -0.2) is 4.98 Å². The highest BCUT2D eigenvalue weighted by Crippen LogP contribution is 2.24. The Bertz CT molecular complexity index is 673. The van der Waals surface area contributed by atoms with Crippen LogP contribution in [0.5, 0.6) is 0 Å². The lowest BCUT2D eigenvalue weighted by atomic mass is 10.3. The zero-order valence-electron chi connectivity index (χ0n) is 10.1. The summed E-state index contributed by atoms with van der Waals surface area (Å²) in [5, 5.41) is 0.804. The number of thiazole rings is 1. The van der Waals surface area contributed by atoms with Gasteiger partial charge in [-0.1, -0.05) is 36.1 Å². The molecule has 0 bridgehead atoms. The molecule has 94 valence electrons. The predicted molar refractivity (Wildman–Crippen MR) is 79.6 cm³/mol. The second kappa shape index (κ2) is 5.07. The van der Waals surface area contributed by atoms with Crippen LogP contribution in [0, 0.1) is 0 Å². The van der Waals surface area contributed by atoms with Crippen molar-refractivity contribution in [3.63, 3.8) is 0 Å². The van der Waals surface area contributed by atoms with Crippen LogP contribution < -0.4 is 10.9 Å². The maximum absolute atomic E-state index is 4.46. The number of aromatic nitrogens is 2. The molecular formula is C14H12N4S. The fraction of sp³-hybridized carbons (Fsp3) is 0. The number of rotatable bonds is 4. The van der Waals surface area contributed by atoms with Crippen LogP contribution in [0.25, 0.3) is 15.9 Å². The molecule has 3 rings (SSSR count). The van der Waals surface area contributed by atoms with Gasteiger partial charge in [0.1, 0.15) is 0 Å². The van der Waals surface area contributed by atoms with Gasteiger partial charge >= 0.3 is 0 Å². The number of hydrogen-bond acceptors (Lipinski definition) is 5. The number of fused-ring (bicyclic) bond motifs is 1. The number of para-hydroxylation sites is 1. The Kier molecular flexibility index (Phi) is 3.12. The van der Waals surface area contributed by atoms with Crippen LogP contribution in [0.15, 0.2) is 55.2 Å². The van der Waals surface area contributed by atoms with Crippen molar-refractivity contribution < 1.29 is 0 Å². The second-order valence-electron chi connectivity index (χ2n) is 3.93. The fourth-order valence-corrected chi connectivity index (χ4v) is 2.48. The molecule has 0 saturated heterocycles. The maximum atomic E-state index is 4.46. The molecule has 0 fully saturated rings. The Morgan fingerprint density at radius 2 is 1.95 bits per heavy atom. The van der Waals surface area contributed by atoms with Gasteiger partial charge < -0.3 is 0 Å². The molecular weight excluding hydrogens is 256 g/mol. The van der Waals surface area contributed by atoms with Crippen LogP contribution in [-0.2, 0) is 0 Å². The highest BCUT2D eigenvalue weighted by atomic mass is 32.1. The lowest BCUT2D eigenvalue weighted by Crippen LogP contribution is -2.19. The number of hydrogen-bond donors (Lipinski definition) is 2. The van der Waals surface area contributed by atoms with Crippen LogP contribution in [0.4, 0.5) is 5.13 Å². The van der Waals surface area contributed by atoms with Gasteiger partial charge in [-0.05, 0) is 24.3 Å². The number of pyridine rings is 1. The number of hydrazine groups is 1. The summed E-state index contributed by atoms with van der Waals surface area (Å²) in [6, 6.07) is 13.7. The van der Waals surface area contributed by atoms with E-state index in [0.717, 1.165) is 21.0 Å². The summed E-state index contributed by atoms with van der Waals surface area (Å²) in [6.45, 7) is 3.93. The van der Waals surface area contributed by atoms with E-state index in [2.05, 4.69) is 27.4 Å². The SMILES string of the molecule is C=C(NNc1nc2ccccc2s1)c1ccccn1. The van der Waals surface area contributed by atoms with E-state index >= 15 is 0 Å². The molecule has 2 N–H and O–H groups in total. The molecule has 5 heteroatoms. The number of nitrogens with zero attached hydrogens (tertiary/aromatic N) is 2. The van der Waals surface area contributed by atoms with E-state index in [9.17, 15) is 0 Å². The predicted octanol–water partition coefficient (Wildman–Crippen LogP) is 3.28. The molecule has 0 atom stereocenters. The third kappa shape index (κ3) is 2.56. The summed E-state index contributed by atoms with van der Waals surface area (Å²) in [4.78, 5) is 8.68. The van der Waals surface area contributed by atoms with Gasteiger partial charge in [0.15, 0.2) is 0 Å². The topological polar surface area (TPSA) is 49.8 Å². The van der Waals surface area contributed by atoms with Crippen molar-refractivity contribution in [2.24, 2.45) is 0 Å². The first-order chi connectivity index (χ1) is 9.33. The molecule has 4 nitrogen and oxygen atoms in total. The Morgan fingerprint density at radius 3 is 2.74 bits per heavy atom. The maximum Gasteiger partial charge on any atom is 0.202 e. The van der Waals surface area contributed by atoms with Crippen molar-refractivity contribution in [1.82, 2.24) is 15.4 Å². The number of anilines is 1. The minimum Gasteiger partial charge on any atom is -0.297 e. The third-order valence-corrected chi connectivity index (χ3v) is 3.54. The monoisotopic (exact) mass is 268 g/mol. The quantitative estimate of drug-likeness (QED) is 0.713. The third-order valence-electron chi connectivity index (χ3n) is 2.59. The van der Waals surface area contributed by atoms with E-state index in [1.807, 2.05) is 42.5 Å². The first kappa shape index (κ1) is 11.7. The molecule has 19 heavy (non-hydrogen) atoms. The van der Waals surface area contributed by atoms with Gasteiger partial charge in [-0.3, -0.25) is 15.8 Å². The second-order valence-corrected chi connectivity index (χ2v) is 4.96. The molecule has 0 unspecified atom stereocenters. The van der Waals surface area contributed by atoms with Crippen molar-refractivity contribution in [3.8, 4) is 0 Å². The molecule has 1 aromatic carbocycles. The van der Waals surface area contributed by atoms with Crippen LogP contribution in [0.3, 0.4) is 0 Å². The summed E-state index contributed by atoms with van der Waals surface area (Å²) in [6.07, 6.45) is 1.74. The van der Waals surface area contributed by atoms with Gasteiger partial charge in [-0.15, -0.1) is 0 Å². The number of nitrogens with one attached hydrogen (secondary N) is 2. The summed E-state index contributed by atoms with van der Waals surface area (Å²) in [7, 11) is 0. The lowest BCUT2D eigenvalue weighted by Gasteiger charge is -2.08. The summed E-state index contributed by atoms with van der Waals surface area (Å²) in [5.74, 6) is 0. The smallest absolute Gasteiger partial charge is 0.202 e. The van der Waals surface area contributed by atoms with Crippen LogP contribution in [-0.4, -0.2) is 9.97 Å². The Labute approximate surface area is 114 Å². The first-order valence-corrected chi connectivity index (χ1v) is 6.62. The van der Waals surface area contributed by atoms with Crippen LogP contribution in [0.1, 0.15) is 5.69 Å². The van der Waals surface area contributed by atoms with E-state index < -0.39 is 0 Å². The zero-order chi connectivity index (χ0) is 13.1. The summed E-state index contributed by atoms with van der Waals surface area (Å²) < 4.78 is 1.15. The van der Waals surface area contributed by atoms with E-state index in [4.69, 9.17) is 0 Å². The minimum absolute atomic E-state index is 0.708. The molecule has 0 aliphatic heterocycles. The van der Waals surface area contributed by atoms with Crippen LogP contribution in [0.2, 0.25) is 0 Å². The molecule has 0 saturated carbocycles. The van der Waals surface area contributed by atoms with Crippen molar-refractivity contribution in [1.29, 1.82) is 0 Å². The summed E-state index contributed by atoms with van der Waals surface area (Å²) >= 11 is 1.59. The van der Waals surface area contributed by atoms with Crippen LogP contribution >= 0.6 is 11.3 Å². The van der Waals surface area contributed by atoms with Gasteiger partial charge in [0.25, 0.3) is 0 Å². The Hall–Kier alpha value is -2.40. The highest BCUT2D eigenvalue weighted by molar-refractivity contribution is 7.22. The molecule has 0 amide bonds. The van der Waals surface area contributed by atoms with Crippen molar-refractivity contribution >= 4 is 32.4 Å². The Balaban J connectivity index is 1.71. The van der Waals surface area contributed by atoms with Crippen molar-refractivity contribution in [3.05, 3.63) is 60.9 Å². The molecule has 2 heterocycles. The van der Waals surface area contributed by atoms with E-state index in [1.54, 1.807) is 17.5 Å². The standard InChI is InChI=1S/C14H12N4S/c1-10(11-6-4-5-9-15-11)17-18-14-16-12-7-2-3-8-13(12)19-14/h2-9,17H,1H2,(H,16,18). The molecule has 3 aromatic rings. The highest BCUT2D eigenvalue weighted by Gasteiger charge is 2.03. The van der Waals surface area contributed by atoms with Gasteiger partial charge in [0.05, 0.1) is 21.6 Å². The van der Waals surface area contributed by atoms with Gasteiger partial charge in [-0.2, -0.15) is 0 Å². The average molecular weight is 268 g/mol. The average Bonchev–Trinajstić information content (AvgIpc) is 2.88. The van der Waals surface area contributed by atoms with E-state index in [1.165, 1.54) is 0 Å².